The number of likely N-dealkylation sites (tertiary alicyclic amines) is 1. The minimum absolute atomic E-state index is 0.0289. The molecule has 10 nitrogen and oxygen atoms in total. The van der Waals surface area contributed by atoms with Gasteiger partial charge in [0.25, 0.3) is 11.8 Å². The van der Waals surface area contributed by atoms with Crippen LogP contribution in [-0.4, -0.2) is 92.4 Å². The minimum Gasteiger partial charge on any atom is -0.478 e. The number of halogens is 3. The first kappa shape index (κ1) is 32.4. The van der Waals surface area contributed by atoms with Crippen molar-refractivity contribution < 1.29 is 36.9 Å². The second-order valence-electron chi connectivity index (χ2n) is 11.7. The topological polar surface area (TPSA) is 107 Å². The fourth-order valence-electron chi connectivity index (χ4n) is 6.29. The molecule has 4 unspecified atom stereocenters. The molecule has 44 heavy (non-hydrogen) atoms. The Balaban J connectivity index is 1.18. The summed E-state index contributed by atoms with van der Waals surface area (Å²) in [5.74, 6) is 0.109. The summed E-state index contributed by atoms with van der Waals surface area (Å²) in [7, 11) is 3.21. The summed E-state index contributed by atoms with van der Waals surface area (Å²) in [6, 6.07) is 5.70. The molecular weight excluding hydrogens is 579 g/mol. The van der Waals surface area contributed by atoms with Gasteiger partial charge in [-0.3, -0.25) is 4.79 Å². The zero-order valence-electron chi connectivity index (χ0n) is 25.5. The monoisotopic (exact) mass is 621 g/mol. The van der Waals surface area contributed by atoms with Gasteiger partial charge in [0.2, 0.25) is 0 Å². The van der Waals surface area contributed by atoms with Gasteiger partial charge >= 0.3 is 6.18 Å². The van der Waals surface area contributed by atoms with Crippen LogP contribution >= 0.6 is 0 Å². The summed E-state index contributed by atoms with van der Waals surface area (Å²) in [6.07, 6.45) is 0.116. The summed E-state index contributed by atoms with van der Waals surface area (Å²) in [6.45, 7) is 4.75. The molecule has 3 fully saturated rings. The number of ether oxygens (including phenoxy) is 4. The van der Waals surface area contributed by atoms with E-state index in [2.05, 4.69) is 20.8 Å². The Morgan fingerprint density at radius 3 is 2.50 bits per heavy atom. The van der Waals surface area contributed by atoms with E-state index in [1.165, 1.54) is 19.2 Å². The number of nitrogens with zero attached hydrogens (tertiary/aromatic N) is 3. The van der Waals surface area contributed by atoms with Gasteiger partial charge in [-0.05, 0) is 63.1 Å². The first-order valence-corrected chi connectivity index (χ1v) is 15.3. The molecule has 0 bridgehead atoms. The lowest BCUT2D eigenvalue weighted by molar-refractivity contribution is -0.137. The van der Waals surface area contributed by atoms with Crippen LogP contribution in [-0.2, 0) is 20.4 Å². The number of carbonyl (C=O) groups excluding carboxylic acids is 1. The zero-order valence-corrected chi connectivity index (χ0v) is 25.5. The number of methoxy groups -OCH3 is 2. The SMILES string of the molecule is COc1nnc(C(=O)N2CCC(NC3CCOCC3OC)CC2)c(C)c1NCC1CCCC(c2ccc(C(F)(F)F)cc2)O1. The second kappa shape index (κ2) is 14.4. The van der Waals surface area contributed by atoms with Gasteiger partial charge in [-0.2, -0.15) is 13.2 Å². The normalized spacial score (nSPS) is 25.1. The predicted octanol–water partition coefficient (Wildman–Crippen LogP) is 4.53. The molecule has 242 valence electrons. The lowest BCUT2D eigenvalue weighted by Gasteiger charge is -2.38. The molecule has 0 aliphatic carbocycles. The second-order valence-corrected chi connectivity index (χ2v) is 11.7. The highest BCUT2D eigenvalue weighted by Gasteiger charge is 2.33. The van der Waals surface area contributed by atoms with E-state index in [9.17, 15) is 18.0 Å². The van der Waals surface area contributed by atoms with Crippen LogP contribution in [0.2, 0.25) is 0 Å². The van der Waals surface area contributed by atoms with E-state index >= 15 is 0 Å². The van der Waals surface area contributed by atoms with E-state index in [4.69, 9.17) is 18.9 Å². The largest absolute Gasteiger partial charge is 0.478 e. The van der Waals surface area contributed by atoms with Crippen molar-refractivity contribution in [2.45, 2.75) is 82.0 Å². The van der Waals surface area contributed by atoms with Crippen LogP contribution in [0, 0.1) is 6.92 Å². The number of rotatable bonds is 9. The molecule has 5 rings (SSSR count). The number of hydrogen-bond acceptors (Lipinski definition) is 9. The molecule has 0 radical (unpaired) electrons. The molecule has 1 aromatic heterocycles. The van der Waals surface area contributed by atoms with E-state index in [0.717, 1.165) is 56.2 Å². The Hall–Kier alpha value is -3.00. The van der Waals surface area contributed by atoms with Crippen molar-refractivity contribution in [3.8, 4) is 5.88 Å². The number of benzene rings is 1. The van der Waals surface area contributed by atoms with Gasteiger partial charge < -0.3 is 34.5 Å². The molecule has 1 amide bonds. The molecule has 3 aliphatic heterocycles. The number of aromatic nitrogens is 2. The number of hydrogen-bond donors (Lipinski definition) is 2. The minimum atomic E-state index is -4.37. The first-order chi connectivity index (χ1) is 21.2. The molecule has 1 aromatic carbocycles. The van der Waals surface area contributed by atoms with Crippen LogP contribution < -0.4 is 15.4 Å². The highest BCUT2D eigenvalue weighted by atomic mass is 19.4. The highest BCUT2D eigenvalue weighted by molar-refractivity contribution is 5.95. The van der Waals surface area contributed by atoms with Crippen molar-refractivity contribution in [1.29, 1.82) is 0 Å². The molecule has 13 heteroatoms. The lowest BCUT2D eigenvalue weighted by Crippen LogP contribution is -2.54. The average molecular weight is 622 g/mol. The highest BCUT2D eigenvalue weighted by Crippen LogP contribution is 2.35. The van der Waals surface area contributed by atoms with E-state index in [0.29, 0.717) is 50.1 Å². The van der Waals surface area contributed by atoms with Crippen LogP contribution in [0.25, 0.3) is 0 Å². The zero-order chi connectivity index (χ0) is 31.3. The van der Waals surface area contributed by atoms with E-state index in [-0.39, 0.29) is 41.8 Å². The summed E-state index contributed by atoms with van der Waals surface area (Å²) in [4.78, 5) is 15.4. The van der Waals surface area contributed by atoms with Gasteiger partial charge in [0.15, 0.2) is 5.69 Å². The third-order valence-corrected chi connectivity index (χ3v) is 8.89. The number of piperidine rings is 1. The van der Waals surface area contributed by atoms with Crippen LogP contribution in [0.5, 0.6) is 5.88 Å². The summed E-state index contributed by atoms with van der Waals surface area (Å²) >= 11 is 0. The fourth-order valence-corrected chi connectivity index (χ4v) is 6.29. The number of anilines is 1. The molecular formula is C31H42F3N5O5. The quantitative estimate of drug-likeness (QED) is 0.418. The molecule has 3 saturated heterocycles. The maximum Gasteiger partial charge on any atom is 0.416 e. The van der Waals surface area contributed by atoms with Gasteiger partial charge in [0.1, 0.15) is 5.69 Å². The maximum absolute atomic E-state index is 13.6. The number of alkyl halides is 3. The van der Waals surface area contributed by atoms with E-state index in [1.807, 2.05) is 11.8 Å². The molecule has 0 saturated carbocycles. The Bertz CT molecular complexity index is 1260. The maximum atomic E-state index is 13.6. The predicted molar refractivity (Wildman–Crippen MR) is 157 cm³/mol. The Morgan fingerprint density at radius 1 is 1.07 bits per heavy atom. The van der Waals surface area contributed by atoms with E-state index < -0.39 is 11.7 Å². The standard InChI is InChI=1S/C31H42F3N5O5/c1-19-27(35-17-23-5-4-6-25(44-23)20-7-9-21(10-8-20)31(32,33)34)29(42-3)38-37-28(19)30(40)39-14-11-22(12-15-39)36-24-13-16-43-18-26(24)41-2/h7-10,22-26,36H,4-6,11-18H2,1-3H3,(H,35,37). The number of carbonyl (C=O) groups is 1. The molecule has 2 N–H and O–H groups in total. The van der Waals surface area contributed by atoms with Crippen molar-refractivity contribution in [3.05, 3.63) is 46.6 Å². The van der Waals surface area contributed by atoms with Crippen molar-refractivity contribution in [1.82, 2.24) is 20.4 Å². The third-order valence-electron chi connectivity index (χ3n) is 8.89. The van der Waals surface area contributed by atoms with Crippen molar-refractivity contribution in [3.63, 3.8) is 0 Å². The van der Waals surface area contributed by atoms with Gasteiger partial charge in [-0.15, -0.1) is 10.2 Å². The van der Waals surface area contributed by atoms with Gasteiger partial charge in [-0.25, -0.2) is 0 Å². The Morgan fingerprint density at radius 2 is 1.82 bits per heavy atom. The summed E-state index contributed by atoms with van der Waals surface area (Å²) in [5, 5.41) is 15.5. The smallest absolute Gasteiger partial charge is 0.416 e. The van der Waals surface area contributed by atoms with Crippen LogP contribution in [0.4, 0.5) is 18.9 Å². The van der Waals surface area contributed by atoms with Crippen molar-refractivity contribution >= 4 is 11.6 Å². The molecule has 4 atom stereocenters. The van der Waals surface area contributed by atoms with Crippen LogP contribution in [0.15, 0.2) is 24.3 Å². The summed E-state index contributed by atoms with van der Waals surface area (Å²) < 4.78 is 61.8. The molecule has 3 aliphatic rings. The molecule has 2 aromatic rings. The number of nitrogens with one attached hydrogen (secondary N) is 2. The summed E-state index contributed by atoms with van der Waals surface area (Å²) in [5.41, 5.74) is 1.54. The fraction of sp³-hybridized carbons (Fsp3) is 0.645. The first-order valence-electron chi connectivity index (χ1n) is 15.3. The van der Waals surface area contributed by atoms with Crippen LogP contribution in [0.3, 0.4) is 0 Å². The molecule has 4 heterocycles. The molecule has 0 spiro atoms. The van der Waals surface area contributed by atoms with Crippen molar-refractivity contribution in [2.75, 3.05) is 52.4 Å². The van der Waals surface area contributed by atoms with E-state index in [1.54, 1.807) is 7.11 Å². The van der Waals surface area contributed by atoms with Gasteiger partial charge in [-0.1, -0.05) is 12.1 Å². The average Bonchev–Trinajstić information content (AvgIpc) is 3.04. The lowest BCUT2D eigenvalue weighted by atomic mass is 9.97. The third kappa shape index (κ3) is 7.61. The van der Waals surface area contributed by atoms with Gasteiger partial charge in [0, 0.05) is 51.0 Å². The Labute approximate surface area is 256 Å². The van der Waals surface area contributed by atoms with Crippen LogP contribution in [0.1, 0.15) is 71.8 Å². The Kier molecular flexibility index (Phi) is 10.6. The number of amides is 1. The van der Waals surface area contributed by atoms with Gasteiger partial charge in [0.05, 0.1) is 37.6 Å². The van der Waals surface area contributed by atoms with Crippen molar-refractivity contribution in [2.24, 2.45) is 0 Å².